The van der Waals surface area contributed by atoms with Crippen molar-refractivity contribution in [2.24, 2.45) is 11.5 Å². The van der Waals surface area contributed by atoms with Gasteiger partial charge in [-0.05, 0) is 56.0 Å². The van der Waals surface area contributed by atoms with Crippen molar-refractivity contribution in [1.29, 1.82) is 5.41 Å². The van der Waals surface area contributed by atoms with Gasteiger partial charge in [-0.1, -0.05) is 24.3 Å². The summed E-state index contributed by atoms with van der Waals surface area (Å²) in [6.07, 6.45) is 1.19. The van der Waals surface area contributed by atoms with Crippen molar-refractivity contribution >= 4 is 41.0 Å². The molecule has 3 rings (SSSR count). The fraction of sp³-hybridized carbons (Fsp3) is 0.464. The lowest BCUT2D eigenvalue weighted by molar-refractivity contribution is -0.169. The molecular weight excluding hydrogens is 516 g/mol. The molecule has 0 saturated carbocycles. The molecule has 39 heavy (non-hydrogen) atoms. The number of anilines is 2. The number of nitrogens with two attached hydrogens (primary N) is 2. The van der Waals surface area contributed by atoms with Gasteiger partial charge in [0.2, 0.25) is 0 Å². The minimum Gasteiger partial charge on any atom is -0.390 e. The molecule has 0 saturated heterocycles. The van der Waals surface area contributed by atoms with Crippen LogP contribution in [0.2, 0.25) is 0 Å². The van der Waals surface area contributed by atoms with Crippen LogP contribution in [0.1, 0.15) is 31.7 Å². The monoisotopic (exact) mass is 556 g/mol. The zero-order valence-electron chi connectivity index (χ0n) is 22.5. The number of carbonyl (C=O) groups excluding carboxylic acids is 2. The lowest BCUT2D eigenvalue weighted by Gasteiger charge is -2.30. The Morgan fingerprint density at radius 1 is 1.10 bits per heavy atom. The molecule has 1 aliphatic rings. The summed E-state index contributed by atoms with van der Waals surface area (Å²) >= 11 is 1.92. The molecule has 0 fully saturated rings. The molecule has 1 unspecified atom stereocenters. The van der Waals surface area contributed by atoms with Crippen molar-refractivity contribution in [2.45, 2.75) is 49.6 Å². The maximum atomic E-state index is 12.6. The minimum atomic E-state index is -0.945. The second-order valence-electron chi connectivity index (χ2n) is 9.26. The highest BCUT2D eigenvalue weighted by atomic mass is 32.2. The number of guanidine groups is 1. The van der Waals surface area contributed by atoms with Gasteiger partial charge in [-0.15, -0.1) is 11.8 Å². The number of esters is 2. The Morgan fingerprint density at radius 2 is 1.87 bits per heavy atom. The number of fused-ring (bicyclic) bond motifs is 1. The Kier molecular flexibility index (Phi) is 12.4. The smallest absolute Gasteiger partial charge is 0.343 e. The van der Waals surface area contributed by atoms with Crippen LogP contribution >= 0.6 is 11.8 Å². The molecule has 2 aromatic rings. The second-order valence-corrected chi connectivity index (χ2v) is 10.4. The Labute approximate surface area is 234 Å². The van der Waals surface area contributed by atoms with E-state index in [1.807, 2.05) is 36.0 Å². The van der Waals surface area contributed by atoms with Crippen LogP contribution in [0.15, 0.2) is 53.4 Å². The molecule has 0 amide bonds. The van der Waals surface area contributed by atoms with Crippen molar-refractivity contribution in [3.63, 3.8) is 0 Å². The molecule has 2 atom stereocenters. The first-order valence-electron chi connectivity index (χ1n) is 13.4. The van der Waals surface area contributed by atoms with Gasteiger partial charge in [0.05, 0.1) is 5.69 Å². The van der Waals surface area contributed by atoms with Crippen LogP contribution in [0.25, 0.3) is 0 Å². The lowest BCUT2D eigenvalue weighted by atomic mass is 10.1. The quantitative estimate of drug-likeness (QED) is 0.0727. The van der Waals surface area contributed by atoms with Gasteiger partial charge in [0, 0.05) is 55.5 Å². The third-order valence-electron chi connectivity index (χ3n) is 6.28. The first-order chi connectivity index (χ1) is 18.9. The molecule has 0 radical (unpaired) electrons. The van der Waals surface area contributed by atoms with Crippen LogP contribution in [0.4, 0.5) is 11.4 Å². The van der Waals surface area contributed by atoms with E-state index in [0.29, 0.717) is 26.0 Å². The fourth-order valence-electron chi connectivity index (χ4n) is 4.25. The first-order valence-corrected chi connectivity index (χ1v) is 14.4. The number of benzene rings is 2. The van der Waals surface area contributed by atoms with Gasteiger partial charge in [0.25, 0.3) is 0 Å². The average Bonchev–Trinajstić information content (AvgIpc) is 2.93. The number of hydrogen-bond acceptors (Lipinski definition) is 9. The van der Waals surface area contributed by atoms with Crippen LogP contribution in [0.5, 0.6) is 0 Å². The van der Waals surface area contributed by atoms with Gasteiger partial charge in [-0.3, -0.25) is 5.41 Å². The highest BCUT2D eigenvalue weighted by Gasteiger charge is 2.26. The van der Waals surface area contributed by atoms with Gasteiger partial charge in [-0.25, -0.2) is 9.59 Å². The van der Waals surface area contributed by atoms with Gasteiger partial charge < -0.3 is 36.5 Å². The summed E-state index contributed by atoms with van der Waals surface area (Å²) in [6.45, 7) is 5.41. The van der Waals surface area contributed by atoms with E-state index in [0.717, 1.165) is 43.1 Å². The lowest BCUT2D eigenvalue weighted by Crippen LogP contribution is -2.39. The second kappa shape index (κ2) is 16.0. The molecule has 0 aliphatic carbocycles. The SMILES string of the molecule is CCOC(Cc1ccc(NCCCN2CCSc3ccccc32)cc1)C(=O)OC(=O)[C@@H](N)CCCNC(=N)N. The fourth-order valence-corrected chi connectivity index (χ4v) is 5.30. The third kappa shape index (κ3) is 10.1. The first kappa shape index (κ1) is 30.3. The van der Waals surface area contributed by atoms with E-state index in [-0.39, 0.29) is 12.4 Å². The topological polar surface area (TPSA) is 156 Å². The molecular formula is C28H40N6O4S. The standard InChI is InChI=1S/C28H40N6O4S/c1-2-37-24(27(36)38-26(35)22(29)7-5-14-33-28(30)31)19-20-10-12-21(13-11-20)32-15-6-16-34-17-18-39-25-9-4-3-8-23(25)34/h3-4,8-13,22,24,32H,2,5-7,14-19,29H2,1H3,(H4,30,31,33)/t22-,24?/m0/s1. The summed E-state index contributed by atoms with van der Waals surface area (Å²) in [5, 5.41) is 13.2. The van der Waals surface area contributed by atoms with Crippen LogP contribution < -0.4 is 27.0 Å². The summed E-state index contributed by atoms with van der Waals surface area (Å²) in [4.78, 5) is 28.7. The summed E-state index contributed by atoms with van der Waals surface area (Å²) < 4.78 is 10.6. The normalized spacial score (nSPS) is 14.2. The number of rotatable bonds is 15. The summed E-state index contributed by atoms with van der Waals surface area (Å²) in [5.74, 6) is -0.579. The number of thioether (sulfide) groups is 1. The minimum absolute atomic E-state index is 0.150. The Bertz CT molecular complexity index is 1080. The number of hydrogen-bond donors (Lipinski definition) is 5. The van der Waals surface area contributed by atoms with E-state index in [1.165, 1.54) is 10.6 Å². The highest BCUT2D eigenvalue weighted by molar-refractivity contribution is 7.99. The molecule has 1 heterocycles. The third-order valence-corrected chi connectivity index (χ3v) is 7.32. The predicted molar refractivity (Wildman–Crippen MR) is 156 cm³/mol. The highest BCUT2D eigenvalue weighted by Crippen LogP contribution is 2.34. The number of nitrogens with zero attached hydrogens (tertiary/aromatic N) is 1. The van der Waals surface area contributed by atoms with Gasteiger partial charge in [0.15, 0.2) is 12.1 Å². The Balaban J connectivity index is 1.42. The van der Waals surface area contributed by atoms with Crippen molar-refractivity contribution in [3.8, 4) is 0 Å². The van der Waals surface area contributed by atoms with E-state index in [1.54, 1.807) is 6.92 Å². The van der Waals surface area contributed by atoms with Gasteiger partial charge in [-0.2, -0.15) is 0 Å². The van der Waals surface area contributed by atoms with Crippen molar-refractivity contribution < 1.29 is 19.1 Å². The van der Waals surface area contributed by atoms with E-state index in [4.69, 9.17) is 26.4 Å². The molecule has 2 aromatic carbocycles. The molecule has 0 aromatic heterocycles. The van der Waals surface area contributed by atoms with E-state index < -0.39 is 24.1 Å². The van der Waals surface area contributed by atoms with Gasteiger partial charge >= 0.3 is 11.9 Å². The molecule has 11 heteroatoms. The summed E-state index contributed by atoms with van der Waals surface area (Å²) in [6, 6.07) is 15.5. The maximum Gasteiger partial charge on any atom is 0.343 e. The van der Waals surface area contributed by atoms with Crippen LogP contribution in [0, 0.1) is 5.41 Å². The number of nitrogens with one attached hydrogen (secondary N) is 3. The average molecular weight is 557 g/mol. The van der Waals surface area contributed by atoms with Crippen molar-refractivity contribution in [3.05, 3.63) is 54.1 Å². The van der Waals surface area contributed by atoms with E-state index in [2.05, 4.69) is 39.8 Å². The predicted octanol–water partition coefficient (Wildman–Crippen LogP) is 2.71. The molecule has 212 valence electrons. The van der Waals surface area contributed by atoms with E-state index in [9.17, 15) is 9.59 Å². The largest absolute Gasteiger partial charge is 0.390 e. The summed E-state index contributed by atoms with van der Waals surface area (Å²) in [7, 11) is 0. The van der Waals surface area contributed by atoms with Gasteiger partial charge in [0.1, 0.15) is 6.04 Å². The van der Waals surface area contributed by atoms with Crippen LogP contribution in [-0.2, 0) is 25.5 Å². The maximum absolute atomic E-state index is 12.6. The Hall–Kier alpha value is -3.28. The molecule has 0 bridgehead atoms. The number of carbonyl (C=O) groups is 2. The van der Waals surface area contributed by atoms with Crippen LogP contribution in [-0.4, -0.2) is 68.6 Å². The molecule has 1 aliphatic heterocycles. The number of ether oxygens (including phenoxy) is 2. The number of para-hydroxylation sites is 1. The Morgan fingerprint density at radius 3 is 2.62 bits per heavy atom. The summed E-state index contributed by atoms with van der Waals surface area (Å²) in [5.41, 5.74) is 14.3. The zero-order chi connectivity index (χ0) is 28.0. The van der Waals surface area contributed by atoms with Crippen molar-refractivity contribution in [2.75, 3.05) is 48.8 Å². The van der Waals surface area contributed by atoms with Crippen LogP contribution in [0.3, 0.4) is 0 Å². The molecule has 7 N–H and O–H groups in total. The molecule has 0 spiro atoms. The van der Waals surface area contributed by atoms with Crippen molar-refractivity contribution in [1.82, 2.24) is 5.32 Å². The molecule has 10 nitrogen and oxygen atoms in total. The zero-order valence-corrected chi connectivity index (χ0v) is 23.3. The van der Waals surface area contributed by atoms with E-state index >= 15 is 0 Å².